The first-order chi connectivity index (χ1) is 10.6. The highest BCUT2D eigenvalue weighted by Crippen LogP contribution is 2.03. The quantitative estimate of drug-likeness (QED) is 0.755. The predicted molar refractivity (Wildman–Crippen MR) is 80.1 cm³/mol. The van der Waals surface area contributed by atoms with Crippen LogP contribution in [0.2, 0.25) is 0 Å². The molecule has 2 aromatic rings. The number of hydrogen-bond donors (Lipinski definition) is 3. The lowest BCUT2D eigenvalue weighted by Crippen LogP contribution is -2.47. The second-order valence-corrected chi connectivity index (χ2v) is 4.64. The van der Waals surface area contributed by atoms with E-state index in [9.17, 15) is 14.0 Å². The Labute approximate surface area is 127 Å². The largest absolute Gasteiger partial charge is 0.333 e. The highest BCUT2D eigenvalue weighted by molar-refractivity contribution is 5.82. The molecule has 0 aromatic heterocycles. The number of urea groups is 1. The Morgan fingerprint density at radius 2 is 1.55 bits per heavy atom. The molecule has 2 aromatic carbocycles. The number of hydrazine groups is 1. The van der Waals surface area contributed by atoms with Crippen LogP contribution >= 0.6 is 0 Å². The molecule has 0 aliphatic carbocycles. The van der Waals surface area contributed by atoms with Gasteiger partial charge in [-0.1, -0.05) is 42.5 Å². The number of halogens is 1. The zero-order valence-electron chi connectivity index (χ0n) is 11.8. The van der Waals surface area contributed by atoms with Gasteiger partial charge in [0.2, 0.25) is 5.91 Å². The maximum atomic E-state index is 12.7. The van der Waals surface area contributed by atoms with E-state index in [4.69, 9.17) is 0 Å². The van der Waals surface area contributed by atoms with E-state index < -0.39 is 6.03 Å². The molecular formula is C16H16FN3O2. The Morgan fingerprint density at radius 1 is 0.864 bits per heavy atom. The molecule has 0 spiro atoms. The van der Waals surface area contributed by atoms with Gasteiger partial charge in [0.1, 0.15) is 5.82 Å². The van der Waals surface area contributed by atoms with E-state index in [1.165, 1.54) is 24.3 Å². The summed E-state index contributed by atoms with van der Waals surface area (Å²) in [7, 11) is 0. The second-order valence-electron chi connectivity index (χ2n) is 4.64. The van der Waals surface area contributed by atoms with E-state index in [-0.39, 0.29) is 18.1 Å². The molecule has 0 bridgehead atoms. The molecule has 0 saturated carbocycles. The van der Waals surface area contributed by atoms with Crippen LogP contribution in [0.15, 0.2) is 54.6 Å². The Kier molecular flexibility index (Phi) is 5.48. The smallest absolute Gasteiger partial charge is 0.333 e. The SMILES string of the molecule is O=C(Cc1ccc(F)cc1)NNC(=O)NCc1ccccc1. The zero-order chi connectivity index (χ0) is 15.8. The van der Waals surface area contributed by atoms with Crippen molar-refractivity contribution in [3.63, 3.8) is 0 Å². The van der Waals surface area contributed by atoms with Crippen LogP contribution in [0.4, 0.5) is 9.18 Å². The average molecular weight is 301 g/mol. The summed E-state index contributed by atoms with van der Waals surface area (Å²) in [5, 5.41) is 2.61. The third-order valence-electron chi connectivity index (χ3n) is 2.89. The topological polar surface area (TPSA) is 70.2 Å². The van der Waals surface area contributed by atoms with Gasteiger partial charge in [-0.2, -0.15) is 0 Å². The maximum Gasteiger partial charge on any atom is 0.333 e. The number of benzene rings is 2. The molecule has 3 amide bonds. The molecule has 0 atom stereocenters. The van der Waals surface area contributed by atoms with Crippen molar-refractivity contribution in [2.24, 2.45) is 0 Å². The van der Waals surface area contributed by atoms with Crippen molar-refractivity contribution in [3.8, 4) is 0 Å². The van der Waals surface area contributed by atoms with Crippen LogP contribution in [0.5, 0.6) is 0 Å². The molecule has 6 heteroatoms. The molecule has 0 fully saturated rings. The van der Waals surface area contributed by atoms with Gasteiger partial charge in [-0.15, -0.1) is 0 Å². The lowest BCUT2D eigenvalue weighted by Gasteiger charge is -2.09. The lowest BCUT2D eigenvalue weighted by molar-refractivity contribution is -0.121. The number of carbonyl (C=O) groups is 2. The van der Waals surface area contributed by atoms with E-state index in [1.807, 2.05) is 30.3 Å². The lowest BCUT2D eigenvalue weighted by atomic mass is 10.1. The molecule has 2 rings (SSSR count). The van der Waals surface area contributed by atoms with E-state index in [0.717, 1.165) is 5.56 Å². The zero-order valence-corrected chi connectivity index (χ0v) is 11.8. The van der Waals surface area contributed by atoms with E-state index in [1.54, 1.807) is 0 Å². The summed E-state index contributed by atoms with van der Waals surface area (Å²) < 4.78 is 12.7. The first-order valence-electron chi connectivity index (χ1n) is 6.74. The fourth-order valence-electron chi connectivity index (χ4n) is 1.78. The van der Waals surface area contributed by atoms with Crippen LogP contribution < -0.4 is 16.2 Å². The van der Waals surface area contributed by atoms with Crippen molar-refractivity contribution in [2.45, 2.75) is 13.0 Å². The Bertz CT molecular complexity index is 630. The van der Waals surface area contributed by atoms with Crippen molar-refractivity contribution in [1.29, 1.82) is 0 Å². The van der Waals surface area contributed by atoms with Crippen LogP contribution in [0, 0.1) is 5.82 Å². The standard InChI is InChI=1S/C16H16FN3O2/c17-14-8-6-12(7-9-14)10-15(21)19-20-16(22)18-11-13-4-2-1-3-5-13/h1-9H,10-11H2,(H,19,21)(H2,18,20,22). The molecule has 114 valence electrons. The molecule has 0 heterocycles. The van der Waals surface area contributed by atoms with Gasteiger partial charge >= 0.3 is 6.03 Å². The summed E-state index contributed by atoms with van der Waals surface area (Å²) in [5.41, 5.74) is 6.16. The number of hydrogen-bond acceptors (Lipinski definition) is 2. The summed E-state index contributed by atoms with van der Waals surface area (Å²) in [6, 6.07) is 14.5. The third kappa shape index (κ3) is 5.24. The fourth-order valence-corrected chi connectivity index (χ4v) is 1.78. The van der Waals surface area contributed by atoms with Crippen LogP contribution in [0.1, 0.15) is 11.1 Å². The van der Waals surface area contributed by atoms with Crippen LogP contribution in [0.3, 0.4) is 0 Å². The minimum atomic E-state index is -0.503. The molecule has 0 aliphatic rings. The van der Waals surface area contributed by atoms with Gasteiger partial charge in [-0.3, -0.25) is 10.2 Å². The molecule has 22 heavy (non-hydrogen) atoms. The van der Waals surface area contributed by atoms with Crippen LogP contribution in [-0.2, 0) is 17.8 Å². The number of carbonyl (C=O) groups excluding carboxylic acids is 2. The van der Waals surface area contributed by atoms with Crippen molar-refractivity contribution >= 4 is 11.9 Å². The Hall–Kier alpha value is -2.89. The molecule has 0 aliphatic heterocycles. The molecule has 0 saturated heterocycles. The van der Waals surface area contributed by atoms with Gasteiger partial charge < -0.3 is 5.32 Å². The van der Waals surface area contributed by atoms with Crippen LogP contribution in [-0.4, -0.2) is 11.9 Å². The highest BCUT2D eigenvalue weighted by atomic mass is 19.1. The molecule has 3 N–H and O–H groups in total. The van der Waals surface area contributed by atoms with E-state index in [2.05, 4.69) is 16.2 Å². The predicted octanol–water partition coefficient (Wildman–Crippen LogP) is 1.90. The summed E-state index contributed by atoms with van der Waals surface area (Å²) in [6.07, 6.45) is 0.0548. The van der Waals surface area contributed by atoms with Gasteiger partial charge in [-0.25, -0.2) is 14.6 Å². The Morgan fingerprint density at radius 3 is 2.23 bits per heavy atom. The Balaban J connectivity index is 1.69. The third-order valence-corrected chi connectivity index (χ3v) is 2.89. The van der Waals surface area contributed by atoms with E-state index in [0.29, 0.717) is 12.1 Å². The molecule has 5 nitrogen and oxygen atoms in total. The summed E-state index contributed by atoms with van der Waals surface area (Å²) in [4.78, 5) is 23.2. The average Bonchev–Trinajstić information content (AvgIpc) is 2.54. The number of nitrogens with one attached hydrogen (secondary N) is 3. The van der Waals surface area contributed by atoms with E-state index >= 15 is 0 Å². The number of rotatable bonds is 4. The number of amides is 3. The van der Waals surface area contributed by atoms with Gasteiger partial charge in [0.15, 0.2) is 0 Å². The second kappa shape index (κ2) is 7.78. The first kappa shape index (κ1) is 15.5. The summed E-state index contributed by atoms with van der Waals surface area (Å²) >= 11 is 0. The fraction of sp³-hybridized carbons (Fsp3) is 0.125. The van der Waals surface area contributed by atoms with Crippen LogP contribution in [0.25, 0.3) is 0 Å². The first-order valence-corrected chi connectivity index (χ1v) is 6.74. The summed E-state index contributed by atoms with van der Waals surface area (Å²) in [5.74, 6) is -0.746. The maximum absolute atomic E-state index is 12.7. The van der Waals surface area contributed by atoms with Gasteiger partial charge in [0.25, 0.3) is 0 Å². The van der Waals surface area contributed by atoms with Crippen molar-refractivity contribution in [2.75, 3.05) is 0 Å². The molecular weight excluding hydrogens is 285 g/mol. The minimum absolute atomic E-state index is 0.0548. The van der Waals surface area contributed by atoms with Crippen molar-refractivity contribution in [3.05, 3.63) is 71.5 Å². The van der Waals surface area contributed by atoms with Gasteiger partial charge in [0.05, 0.1) is 6.42 Å². The van der Waals surface area contributed by atoms with Gasteiger partial charge in [-0.05, 0) is 23.3 Å². The summed E-state index contributed by atoms with van der Waals surface area (Å²) in [6.45, 7) is 0.362. The minimum Gasteiger partial charge on any atom is -0.333 e. The van der Waals surface area contributed by atoms with Gasteiger partial charge in [0, 0.05) is 6.54 Å². The van der Waals surface area contributed by atoms with Crippen molar-refractivity contribution in [1.82, 2.24) is 16.2 Å². The van der Waals surface area contributed by atoms with Crippen molar-refractivity contribution < 1.29 is 14.0 Å². The molecule has 0 radical (unpaired) electrons. The molecule has 0 unspecified atom stereocenters. The highest BCUT2D eigenvalue weighted by Gasteiger charge is 2.05. The normalized spacial score (nSPS) is 9.86. The monoisotopic (exact) mass is 301 g/mol.